The van der Waals surface area contributed by atoms with Gasteiger partial charge in [0.1, 0.15) is 0 Å². The molecular formula is C20H24N2O2. The zero-order valence-corrected chi connectivity index (χ0v) is 14.3. The summed E-state index contributed by atoms with van der Waals surface area (Å²) < 4.78 is 0. The second-order valence-corrected chi connectivity index (χ2v) is 6.75. The quantitative estimate of drug-likeness (QED) is 0.922. The highest BCUT2D eigenvalue weighted by Gasteiger charge is 2.23. The molecule has 2 heterocycles. The highest BCUT2D eigenvalue weighted by Crippen LogP contribution is 2.29. The molecule has 0 radical (unpaired) electrons. The molecule has 1 saturated heterocycles. The van der Waals surface area contributed by atoms with Crippen LogP contribution < -0.4 is 0 Å². The molecule has 0 spiro atoms. The van der Waals surface area contributed by atoms with Crippen molar-refractivity contribution in [1.82, 2.24) is 9.88 Å². The van der Waals surface area contributed by atoms with E-state index in [0.29, 0.717) is 17.5 Å². The van der Waals surface area contributed by atoms with Gasteiger partial charge in [0, 0.05) is 36.0 Å². The first-order valence-corrected chi connectivity index (χ1v) is 8.59. The number of piperidine rings is 1. The highest BCUT2D eigenvalue weighted by molar-refractivity contribution is 5.95. The molecule has 126 valence electrons. The van der Waals surface area contributed by atoms with E-state index < -0.39 is 5.97 Å². The van der Waals surface area contributed by atoms with Crippen molar-refractivity contribution in [3.63, 3.8) is 0 Å². The lowest BCUT2D eigenvalue weighted by Crippen LogP contribution is -2.39. The van der Waals surface area contributed by atoms with Crippen LogP contribution in [0.2, 0.25) is 0 Å². The molecule has 4 heteroatoms. The van der Waals surface area contributed by atoms with Crippen LogP contribution in [0.1, 0.15) is 48.7 Å². The van der Waals surface area contributed by atoms with Gasteiger partial charge >= 0.3 is 5.97 Å². The largest absolute Gasteiger partial charge is 0.478 e. The summed E-state index contributed by atoms with van der Waals surface area (Å²) in [6.07, 6.45) is 4.18. The number of likely N-dealkylation sites (tertiary alicyclic amines) is 1. The van der Waals surface area contributed by atoms with Crippen LogP contribution in [0.5, 0.6) is 0 Å². The number of rotatable bonds is 4. The molecule has 0 amide bonds. The van der Waals surface area contributed by atoms with Gasteiger partial charge in [-0.2, -0.15) is 0 Å². The first-order chi connectivity index (χ1) is 11.6. The summed E-state index contributed by atoms with van der Waals surface area (Å²) >= 11 is 0. The van der Waals surface area contributed by atoms with E-state index in [0.717, 1.165) is 29.9 Å². The molecule has 1 N–H and O–H groups in total. The third-order valence-corrected chi connectivity index (χ3v) is 4.86. The minimum absolute atomic E-state index is 0.315. The van der Waals surface area contributed by atoms with Gasteiger partial charge in [0.05, 0.1) is 5.56 Å². The van der Waals surface area contributed by atoms with E-state index in [1.54, 1.807) is 12.1 Å². The second-order valence-electron chi connectivity index (χ2n) is 6.75. The van der Waals surface area contributed by atoms with E-state index >= 15 is 0 Å². The number of hydrogen-bond donors (Lipinski definition) is 1. The Hall–Kier alpha value is -2.20. The average Bonchev–Trinajstić information content (AvgIpc) is 2.62. The molecule has 0 unspecified atom stereocenters. The number of aromatic carboxylic acids is 1. The Balaban J connectivity index is 1.83. The predicted molar refractivity (Wildman–Crippen MR) is 95.3 cm³/mol. The lowest BCUT2D eigenvalue weighted by molar-refractivity contribution is 0.0697. The fourth-order valence-corrected chi connectivity index (χ4v) is 3.44. The molecule has 1 aromatic carbocycles. The normalized spacial score (nSPS) is 18.7. The maximum Gasteiger partial charge on any atom is 0.336 e. The molecule has 3 rings (SSSR count). The molecule has 1 aromatic heterocycles. The van der Waals surface area contributed by atoms with Gasteiger partial charge in [-0.25, -0.2) is 4.79 Å². The van der Waals surface area contributed by atoms with Crippen LogP contribution in [0.3, 0.4) is 0 Å². The second kappa shape index (κ2) is 7.14. The molecule has 1 atom stereocenters. The van der Waals surface area contributed by atoms with Gasteiger partial charge in [-0.1, -0.05) is 24.3 Å². The number of carbonyl (C=O) groups is 1. The van der Waals surface area contributed by atoms with Gasteiger partial charge in [0.15, 0.2) is 0 Å². The Morgan fingerprint density at radius 3 is 2.71 bits per heavy atom. The van der Waals surface area contributed by atoms with Crippen molar-refractivity contribution >= 4 is 5.97 Å². The summed E-state index contributed by atoms with van der Waals surface area (Å²) in [5, 5.41) is 9.34. The van der Waals surface area contributed by atoms with Crippen LogP contribution in [-0.2, 0) is 0 Å². The zero-order valence-electron chi connectivity index (χ0n) is 14.3. The van der Waals surface area contributed by atoms with E-state index in [2.05, 4.69) is 29.8 Å². The summed E-state index contributed by atoms with van der Waals surface area (Å²) in [4.78, 5) is 18.5. The molecule has 1 aliphatic heterocycles. The number of pyridine rings is 1. The summed E-state index contributed by atoms with van der Waals surface area (Å²) in [5.41, 5.74) is 3.00. The molecular weight excluding hydrogens is 300 g/mol. The minimum atomic E-state index is -0.908. The van der Waals surface area contributed by atoms with Crippen LogP contribution in [0.15, 0.2) is 42.6 Å². The number of hydrogen-bond acceptors (Lipinski definition) is 3. The molecule has 0 bridgehead atoms. The van der Waals surface area contributed by atoms with Crippen molar-refractivity contribution < 1.29 is 9.90 Å². The monoisotopic (exact) mass is 324 g/mol. The number of aromatic nitrogens is 1. The van der Waals surface area contributed by atoms with Crippen molar-refractivity contribution in [2.75, 3.05) is 13.1 Å². The van der Waals surface area contributed by atoms with Gasteiger partial charge in [-0.3, -0.25) is 4.98 Å². The number of nitrogens with zero attached hydrogens (tertiary/aromatic N) is 2. The molecule has 24 heavy (non-hydrogen) atoms. The highest BCUT2D eigenvalue weighted by atomic mass is 16.4. The molecule has 1 fully saturated rings. The van der Waals surface area contributed by atoms with Crippen LogP contribution in [-0.4, -0.2) is 40.1 Å². The number of benzene rings is 1. The summed E-state index contributed by atoms with van der Waals surface area (Å²) in [6, 6.07) is 11.7. The van der Waals surface area contributed by atoms with E-state index in [1.807, 2.05) is 24.4 Å². The van der Waals surface area contributed by atoms with E-state index in [9.17, 15) is 9.90 Å². The van der Waals surface area contributed by atoms with Gasteiger partial charge < -0.3 is 10.0 Å². The van der Waals surface area contributed by atoms with E-state index in [1.165, 1.54) is 12.8 Å². The van der Waals surface area contributed by atoms with Crippen LogP contribution >= 0.6 is 0 Å². The lowest BCUT2D eigenvalue weighted by Gasteiger charge is -2.35. The van der Waals surface area contributed by atoms with Crippen molar-refractivity contribution in [3.8, 4) is 11.1 Å². The average molecular weight is 324 g/mol. The number of carboxylic acid groups (broad SMARTS) is 1. The Kier molecular flexibility index (Phi) is 4.95. The van der Waals surface area contributed by atoms with Crippen molar-refractivity contribution in [2.24, 2.45) is 0 Å². The molecule has 2 aromatic rings. The summed E-state index contributed by atoms with van der Waals surface area (Å²) in [5.74, 6) is -0.445. The SMILES string of the molecule is CC(C)N1CCC[C@@H](c2ccc(-c3ccccc3C(=O)O)cn2)C1. The maximum absolute atomic E-state index is 11.4. The van der Waals surface area contributed by atoms with Crippen LogP contribution in [0, 0.1) is 0 Å². The fourth-order valence-electron chi connectivity index (χ4n) is 3.44. The summed E-state index contributed by atoms with van der Waals surface area (Å²) in [7, 11) is 0. The van der Waals surface area contributed by atoms with Gasteiger partial charge in [-0.05, 0) is 50.9 Å². The number of carboxylic acids is 1. The van der Waals surface area contributed by atoms with Crippen molar-refractivity contribution in [1.29, 1.82) is 0 Å². The van der Waals surface area contributed by atoms with Crippen molar-refractivity contribution in [3.05, 3.63) is 53.9 Å². The van der Waals surface area contributed by atoms with Gasteiger partial charge in [0.2, 0.25) is 0 Å². The standard InChI is InChI=1S/C20H24N2O2/c1-14(2)22-11-5-6-16(13-22)19-10-9-15(12-21-19)17-7-3-4-8-18(17)20(23)24/h3-4,7-10,12,14,16H,5-6,11,13H2,1-2H3,(H,23,24)/t16-/m1/s1. The smallest absolute Gasteiger partial charge is 0.336 e. The predicted octanol–water partition coefficient (Wildman–Crippen LogP) is 4.03. The van der Waals surface area contributed by atoms with E-state index in [-0.39, 0.29) is 0 Å². The molecule has 4 nitrogen and oxygen atoms in total. The van der Waals surface area contributed by atoms with Crippen molar-refractivity contribution in [2.45, 2.75) is 38.6 Å². The topological polar surface area (TPSA) is 53.4 Å². The van der Waals surface area contributed by atoms with Crippen LogP contribution in [0.4, 0.5) is 0 Å². The molecule has 0 saturated carbocycles. The Morgan fingerprint density at radius 2 is 2.04 bits per heavy atom. The lowest BCUT2D eigenvalue weighted by atomic mass is 9.92. The van der Waals surface area contributed by atoms with Gasteiger partial charge in [0.25, 0.3) is 0 Å². The Bertz CT molecular complexity index is 710. The third kappa shape index (κ3) is 3.49. The Morgan fingerprint density at radius 1 is 1.25 bits per heavy atom. The fraction of sp³-hybridized carbons (Fsp3) is 0.400. The van der Waals surface area contributed by atoms with Gasteiger partial charge in [-0.15, -0.1) is 0 Å². The summed E-state index contributed by atoms with van der Waals surface area (Å²) in [6.45, 7) is 6.69. The molecule has 0 aliphatic carbocycles. The zero-order chi connectivity index (χ0) is 17.1. The minimum Gasteiger partial charge on any atom is -0.478 e. The maximum atomic E-state index is 11.4. The first kappa shape index (κ1) is 16.7. The van der Waals surface area contributed by atoms with Crippen LogP contribution in [0.25, 0.3) is 11.1 Å². The molecule has 1 aliphatic rings. The van der Waals surface area contributed by atoms with E-state index in [4.69, 9.17) is 0 Å². The Labute approximate surface area is 143 Å². The third-order valence-electron chi connectivity index (χ3n) is 4.86. The first-order valence-electron chi connectivity index (χ1n) is 8.59.